The van der Waals surface area contributed by atoms with Crippen LogP contribution >= 0.6 is 22.9 Å². The second-order valence-electron chi connectivity index (χ2n) is 5.51. The summed E-state index contributed by atoms with van der Waals surface area (Å²) in [6, 6.07) is 6.01. The lowest BCUT2D eigenvalue weighted by atomic mass is 9.94. The highest BCUT2D eigenvalue weighted by Gasteiger charge is 2.28. The van der Waals surface area contributed by atoms with E-state index in [2.05, 4.69) is 11.9 Å². The molecule has 2 rings (SSSR count). The zero-order valence-corrected chi connectivity index (χ0v) is 15.5. The Labute approximate surface area is 147 Å². The number of rotatable bonds is 5. The van der Waals surface area contributed by atoms with Crippen molar-refractivity contribution in [3.63, 3.8) is 0 Å². The minimum Gasteiger partial charge on any atom is -0.380 e. The van der Waals surface area contributed by atoms with Crippen LogP contribution in [0, 0.1) is 0 Å². The zero-order valence-electron chi connectivity index (χ0n) is 13.9. The van der Waals surface area contributed by atoms with Gasteiger partial charge < -0.3 is 5.11 Å². The summed E-state index contributed by atoms with van der Waals surface area (Å²) in [6.07, 6.45) is 8.42. The third-order valence-corrected chi connectivity index (χ3v) is 5.49. The van der Waals surface area contributed by atoms with E-state index in [1.807, 2.05) is 50.3 Å². The molecular formula is C19H22ClNOS. The average Bonchev–Trinajstić information content (AvgIpc) is 3.03. The third-order valence-electron chi connectivity index (χ3n) is 3.89. The van der Waals surface area contributed by atoms with Crippen molar-refractivity contribution < 1.29 is 5.11 Å². The predicted octanol–water partition coefficient (Wildman–Crippen LogP) is 5.76. The van der Waals surface area contributed by atoms with Crippen molar-refractivity contribution in [3.8, 4) is 10.6 Å². The molecule has 122 valence electrons. The lowest BCUT2D eigenvalue weighted by molar-refractivity contribution is 0.105. The van der Waals surface area contributed by atoms with E-state index in [1.165, 1.54) is 11.3 Å². The van der Waals surface area contributed by atoms with Crippen LogP contribution < -0.4 is 0 Å². The summed E-state index contributed by atoms with van der Waals surface area (Å²) in [5.74, 6) is 0. The van der Waals surface area contributed by atoms with Crippen molar-refractivity contribution in [2.75, 3.05) is 0 Å². The number of hydrogen-bond acceptors (Lipinski definition) is 3. The molecule has 1 unspecified atom stereocenters. The van der Waals surface area contributed by atoms with E-state index in [0.29, 0.717) is 0 Å². The smallest absolute Gasteiger partial charge is 0.123 e. The maximum absolute atomic E-state index is 10.9. The van der Waals surface area contributed by atoms with Gasteiger partial charge in [0.2, 0.25) is 0 Å². The molecule has 4 heteroatoms. The summed E-state index contributed by atoms with van der Waals surface area (Å²) >= 11 is 7.79. The number of nitrogens with zero attached hydrogens (tertiary/aromatic N) is 1. The fourth-order valence-electron chi connectivity index (χ4n) is 2.46. The van der Waals surface area contributed by atoms with Crippen molar-refractivity contribution in [1.82, 2.24) is 4.98 Å². The number of allylic oxidation sites excluding steroid dienone is 2. The number of hydrogen-bond donors (Lipinski definition) is 1. The zero-order chi connectivity index (χ0) is 17.0. The Morgan fingerprint density at radius 1 is 1.39 bits per heavy atom. The SMILES string of the molecule is CC=CC(=CC)C(C)(O)c1cnc(-c2ccc(CC)c(Cl)c2)s1. The normalized spacial score (nSPS) is 15.1. The quantitative estimate of drug-likeness (QED) is 0.698. The molecule has 1 N–H and O–H groups in total. The standard InChI is InChI=1S/C19H22ClNOS/c1-5-8-15(7-3)19(4,22)17-12-21-18(23-17)14-10-9-13(6-2)16(20)11-14/h5,7-12,22H,6H2,1-4H3. The second-order valence-corrected chi connectivity index (χ2v) is 6.94. The predicted molar refractivity (Wildman–Crippen MR) is 100 cm³/mol. The Hall–Kier alpha value is -1.42. The Bertz CT molecular complexity index is 744. The highest BCUT2D eigenvalue weighted by atomic mass is 35.5. The molecular weight excluding hydrogens is 326 g/mol. The maximum atomic E-state index is 10.9. The fourth-order valence-corrected chi connectivity index (χ4v) is 3.76. The number of thiazole rings is 1. The molecule has 0 bridgehead atoms. The number of aryl methyl sites for hydroxylation is 1. The van der Waals surface area contributed by atoms with Crippen LogP contribution in [-0.2, 0) is 12.0 Å². The first-order chi connectivity index (χ1) is 10.9. The van der Waals surface area contributed by atoms with Gasteiger partial charge in [-0.3, -0.25) is 0 Å². The molecule has 1 atom stereocenters. The van der Waals surface area contributed by atoms with E-state index in [4.69, 9.17) is 11.6 Å². The van der Waals surface area contributed by atoms with E-state index < -0.39 is 5.60 Å². The van der Waals surface area contributed by atoms with Crippen LogP contribution in [0.15, 0.2) is 48.2 Å². The van der Waals surface area contributed by atoms with Crippen LogP contribution in [0.1, 0.15) is 38.1 Å². The van der Waals surface area contributed by atoms with Gasteiger partial charge in [0.05, 0.1) is 4.88 Å². The molecule has 0 aliphatic heterocycles. The summed E-state index contributed by atoms with van der Waals surface area (Å²) in [5, 5.41) is 12.5. The Morgan fingerprint density at radius 2 is 2.13 bits per heavy atom. The highest BCUT2D eigenvalue weighted by Crippen LogP contribution is 2.37. The van der Waals surface area contributed by atoms with E-state index >= 15 is 0 Å². The van der Waals surface area contributed by atoms with Crippen molar-refractivity contribution >= 4 is 22.9 Å². The van der Waals surface area contributed by atoms with E-state index in [0.717, 1.165) is 38.0 Å². The summed E-state index contributed by atoms with van der Waals surface area (Å²) in [5.41, 5.74) is 1.91. The number of benzene rings is 1. The molecule has 0 amide bonds. The summed E-state index contributed by atoms with van der Waals surface area (Å²) in [6.45, 7) is 7.75. The van der Waals surface area contributed by atoms with E-state index in [1.54, 1.807) is 13.1 Å². The van der Waals surface area contributed by atoms with Gasteiger partial charge in [-0.15, -0.1) is 11.3 Å². The molecule has 2 aromatic rings. The van der Waals surface area contributed by atoms with E-state index in [-0.39, 0.29) is 0 Å². The van der Waals surface area contributed by atoms with Gasteiger partial charge in [-0.1, -0.05) is 48.9 Å². The Morgan fingerprint density at radius 3 is 2.70 bits per heavy atom. The second kappa shape index (κ2) is 7.43. The van der Waals surface area contributed by atoms with Crippen LogP contribution in [0.25, 0.3) is 10.6 Å². The average molecular weight is 348 g/mol. The largest absolute Gasteiger partial charge is 0.380 e. The molecule has 0 saturated carbocycles. The first-order valence-electron chi connectivity index (χ1n) is 7.71. The number of aromatic nitrogens is 1. The summed E-state index contributed by atoms with van der Waals surface area (Å²) in [7, 11) is 0. The van der Waals surface area contributed by atoms with Gasteiger partial charge in [-0.25, -0.2) is 4.98 Å². The lowest BCUT2D eigenvalue weighted by Crippen LogP contribution is -2.21. The molecule has 1 heterocycles. The lowest BCUT2D eigenvalue weighted by Gasteiger charge is -2.23. The fraction of sp³-hybridized carbons (Fsp3) is 0.316. The van der Waals surface area contributed by atoms with Crippen LogP contribution in [0.5, 0.6) is 0 Å². The molecule has 0 saturated heterocycles. The molecule has 0 radical (unpaired) electrons. The van der Waals surface area contributed by atoms with Crippen LogP contribution in [0.2, 0.25) is 5.02 Å². The van der Waals surface area contributed by atoms with Crippen molar-refractivity contribution in [2.24, 2.45) is 0 Å². The van der Waals surface area contributed by atoms with Gasteiger partial charge in [0.25, 0.3) is 0 Å². The minimum atomic E-state index is -1.05. The minimum absolute atomic E-state index is 0.761. The number of halogens is 1. The molecule has 0 spiro atoms. The van der Waals surface area contributed by atoms with Gasteiger partial charge in [0, 0.05) is 16.8 Å². The summed E-state index contributed by atoms with van der Waals surface area (Å²) < 4.78 is 0. The van der Waals surface area contributed by atoms with Gasteiger partial charge in [0.15, 0.2) is 0 Å². The van der Waals surface area contributed by atoms with Crippen LogP contribution in [0.4, 0.5) is 0 Å². The molecule has 1 aromatic heterocycles. The van der Waals surface area contributed by atoms with Gasteiger partial charge in [0.1, 0.15) is 10.6 Å². The molecule has 0 aliphatic rings. The topological polar surface area (TPSA) is 33.1 Å². The molecule has 2 nitrogen and oxygen atoms in total. The molecule has 0 fully saturated rings. The maximum Gasteiger partial charge on any atom is 0.123 e. The molecule has 23 heavy (non-hydrogen) atoms. The van der Waals surface area contributed by atoms with E-state index in [9.17, 15) is 5.11 Å². The Kier molecular flexibility index (Phi) is 5.79. The molecule has 1 aromatic carbocycles. The van der Waals surface area contributed by atoms with Gasteiger partial charge in [-0.05, 0) is 44.4 Å². The first-order valence-corrected chi connectivity index (χ1v) is 8.90. The van der Waals surface area contributed by atoms with Crippen molar-refractivity contribution in [2.45, 2.75) is 39.7 Å². The third kappa shape index (κ3) is 3.74. The van der Waals surface area contributed by atoms with Crippen LogP contribution in [0.3, 0.4) is 0 Å². The Balaban J connectivity index is 2.39. The van der Waals surface area contributed by atoms with Crippen LogP contribution in [-0.4, -0.2) is 10.1 Å². The first kappa shape index (κ1) is 17.9. The van der Waals surface area contributed by atoms with Gasteiger partial charge in [-0.2, -0.15) is 0 Å². The summed E-state index contributed by atoms with van der Waals surface area (Å²) in [4.78, 5) is 5.29. The number of aliphatic hydroxyl groups is 1. The highest BCUT2D eigenvalue weighted by molar-refractivity contribution is 7.15. The van der Waals surface area contributed by atoms with Gasteiger partial charge >= 0.3 is 0 Å². The molecule has 0 aliphatic carbocycles. The van der Waals surface area contributed by atoms with Crippen molar-refractivity contribution in [3.05, 3.63) is 63.7 Å². The van der Waals surface area contributed by atoms with Crippen molar-refractivity contribution in [1.29, 1.82) is 0 Å². The monoisotopic (exact) mass is 347 g/mol.